The van der Waals surface area contributed by atoms with E-state index >= 15 is 0 Å². The van der Waals surface area contributed by atoms with Gasteiger partial charge in [0, 0.05) is 58.8 Å². The molecule has 15 heteroatoms. The Balaban J connectivity index is 0.000000207. The Morgan fingerprint density at radius 2 is 0.943 bits per heavy atom. The van der Waals surface area contributed by atoms with Crippen molar-refractivity contribution in [1.29, 1.82) is 0 Å². The number of anilines is 2. The van der Waals surface area contributed by atoms with E-state index in [1.165, 1.54) is 5.56 Å². The number of carbonyl (C=O) groups is 3. The third-order valence-corrected chi connectivity index (χ3v) is 11.2. The second-order valence-corrected chi connectivity index (χ2v) is 16.4. The van der Waals surface area contributed by atoms with Crippen LogP contribution in [0.1, 0.15) is 85.1 Å². The second-order valence-electron chi connectivity index (χ2n) is 16.4. The van der Waals surface area contributed by atoms with Crippen molar-refractivity contribution in [3.63, 3.8) is 0 Å². The molecule has 8 aromatic rings. The molecule has 358 valence electrons. The number of carbonyl (C=O) groups excluding carboxylic acids is 1. The Bertz CT molecular complexity index is 2870. The van der Waals surface area contributed by atoms with Crippen LogP contribution in [-0.2, 0) is 16.1 Å². The van der Waals surface area contributed by atoms with Gasteiger partial charge in [0.05, 0.1) is 24.9 Å². The molecular formula is C55H56N8O7. The molecule has 0 aliphatic carbocycles. The summed E-state index contributed by atoms with van der Waals surface area (Å²) in [7, 11) is 0. The summed E-state index contributed by atoms with van der Waals surface area (Å²) in [5.41, 5.74) is 9.33. The Labute approximate surface area is 406 Å². The minimum atomic E-state index is -0.945. The van der Waals surface area contributed by atoms with Crippen molar-refractivity contribution in [2.24, 2.45) is 0 Å². The second kappa shape index (κ2) is 25.1. The van der Waals surface area contributed by atoms with E-state index in [2.05, 4.69) is 91.9 Å². The molecule has 2 heterocycles. The van der Waals surface area contributed by atoms with Gasteiger partial charge >= 0.3 is 11.9 Å². The zero-order valence-corrected chi connectivity index (χ0v) is 39.0. The highest BCUT2D eigenvalue weighted by molar-refractivity contribution is 5.94. The maximum absolute atomic E-state index is 12.2. The van der Waals surface area contributed by atoms with Crippen LogP contribution in [0.5, 0.6) is 0 Å². The van der Waals surface area contributed by atoms with Gasteiger partial charge < -0.3 is 40.3 Å². The highest BCUT2D eigenvalue weighted by Gasteiger charge is 2.16. The first-order valence-electron chi connectivity index (χ1n) is 23.3. The SMILES string of the molecule is CCC(Nc1ccc(CNCCC(=O)O)cc1)c1ccc(-c2nnc(-c3ccccc3)o2)cc1.CCCC(Nc1ccc(C(=O)NCCC(=O)O)cc1)c1ccc(-c2nnc(-c3ccccc3)o2)cc1. The molecule has 6 aromatic carbocycles. The molecule has 2 atom stereocenters. The number of carboxylic acids is 2. The number of hydrogen-bond acceptors (Lipinski definition) is 12. The summed E-state index contributed by atoms with van der Waals surface area (Å²) in [4.78, 5) is 33.4. The van der Waals surface area contributed by atoms with E-state index < -0.39 is 11.9 Å². The van der Waals surface area contributed by atoms with E-state index in [1.54, 1.807) is 12.1 Å². The molecule has 0 aliphatic rings. The van der Waals surface area contributed by atoms with Gasteiger partial charge in [0.15, 0.2) is 0 Å². The molecule has 0 radical (unpaired) electrons. The smallest absolute Gasteiger partial charge is 0.305 e. The first kappa shape index (κ1) is 49.5. The fourth-order valence-electron chi connectivity index (χ4n) is 7.47. The molecule has 0 spiro atoms. The summed E-state index contributed by atoms with van der Waals surface area (Å²) in [5, 5.41) is 47.0. The van der Waals surface area contributed by atoms with Gasteiger partial charge in [0.2, 0.25) is 23.6 Å². The summed E-state index contributed by atoms with van der Waals surface area (Å²) in [6.45, 7) is 5.49. The van der Waals surface area contributed by atoms with Crippen LogP contribution in [0, 0.1) is 0 Å². The number of nitrogens with one attached hydrogen (secondary N) is 4. The Morgan fingerprint density at radius 1 is 0.514 bits per heavy atom. The number of carboxylic acid groups (broad SMARTS) is 2. The number of rotatable bonds is 22. The maximum atomic E-state index is 12.2. The molecule has 0 saturated heterocycles. The zero-order chi connectivity index (χ0) is 49.1. The maximum Gasteiger partial charge on any atom is 0.305 e. The molecule has 2 unspecified atom stereocenters. The Hall–Kier alpha value is -8.43. The van der Waals surface area contributed by atoms with E-state index in [0.29, 0.717) is 42.2 Å². The molecule has 0 saturated carbocycles. The quantitative estimate of drug-likeness (QED) is 0.0349. The molecule has 70 heavy (non-hydrogen) atoms. The van der Waals surface area contributed by atoms with Gasteiger partial charge in [-0.25, -0.2) is 0 Å². The molecule has 0 bridgehead atoms. The predicted octanol–water partition coefficient (Wildman–Crippen LogP) is 11.1. The molecule has 15 nitrogen and oxygen atoms in total. The summed E-state index contributed by atoms with van der Waals surface area (Å²) < 4.78 is 11.7. The third kappa shape index (κ3) is 14.3. The van der Waals surface area contributed by atoms with Gasteiger partial charge in [-0.3, -0.25) is 14.4 Å². The Kier molecular flexibility index (Phi) is 17.7. The zero-order valence-electron chi connectivity index (χ0n) is 39.0. The van der Waals surface area contributed by atoms with Gasteiger partial charge in [-0.1, -0.05) is 93.1 Å². The van der Waals surface area contributed by atoms with E-state index in [-0.39, 0.29) is 37.4 Å². The van der Waals surface area contributed by atoms with Crippen LogP contribution in [0.4, 0.5) is 11.4 Å². The summed E-state index contributed by atoms with van der Waals surface area (Å²) in [6, 6.07) is 51.3. The van der Waals surface area contributed by atoms with Crippen molar-refractivity contribution in [2.45, 2.75) is 64.6 Å². The summed E-state index contributed by atoms with van der Waals surface area (Å²) in [5.74, 6) is -0.0670. The first-order chi connectivity index (χ1) is 34.1. The topological polar surface area (TPSA) is 218 Å². The average Bonchev–Trinajstić information content (AvgIpc) is 4.10. The van der Waals surface area contributed by atoms with Crippen molar-refractivity contribution in [3.05, 3.63) is 180 Å². The van der Waals surface area contributed by atoms with Crippen LogP contribution in [0.25, 0.3) is 45.8 Å². The van der Waals surface area contributed by atoms with E-state index in [1.807, 2.05) is 109 Å². The first-order valence-corrected chi connectivity index (χ1v) is 23.3. The van der Waals surface area contributed by atoms with Crippen LogP contribution < -0.4 is 21.3 Å². The van der Waals surface area contributed by atoms with E-state index in [4.69, 9.17) is 19.0 Å². The van der Waals surface area contributed by atoms with Crippen LogP contribution in [0.2, 0.25) is 0 Å². The monoisotopic (exact) mass is 940 g/mol. The molecule has 6 N–H and O–H groups in total. The summed E-state index contributed by atoms with van der Waals surface area (Å²) in [6.07, 6.45) is 2.86. The van der Waals surface area contributed by atoms with E-state index in [0.717, 1.165) is 64.0 Å². The van der Waals surface area contributed by atoms with Crippen molar-refractivity contribution in [2.75, 3.05) is 23.7 Å². The van der Waals surface area contributed by atoms with Crippen molar-refractivity contribution < 1.29 is 33.4 Å². The average molecular weight is 941 g/mol. The normalized spacial score (nSPS) is 11.7. The van der Waals surface area contributed by atoms with Crippen LogP contribution in [0.3, 0.4) is 0 Å². The number of aliphatic carboxylic acids is 2. The van der Waals surface area contributed by atoms with Gasteiger partial charge in [0.1, 0.15) is 0 Å². The minimum Gasteiger partial charge on any atom is -0.481 e. The lowest BCUT2D eigenvalue weighted by Crippen LogP contribution is -2.25. The minimum absolute atomic E-state index is 0.0851. The molecule has 0 fully saturated rings. The number of hydrogen-bond donors (Lipinski definition) is 6. The molecule has 0 aliphatic heterocycles. The molecule has 8 rings (SSSR count). The highest BCUT2D eigenvalue weighted by atomic mass is 16.4. The number of amides is 1. The Morgan fingerprint density at radius 3 is 1.40 bits per heavy atom. The van der Waals surface area contributed by atoms with Crippen LogP contribution in [-0.4, -0.2) is 61.5 Å². The predicted molar refractivity (Wildman–Crippen MR) is 270 cm³/mol. The third-order valence-electron chi connectivity index (χ3n) is 11.2. The van der Waals surface area contributed by atoms with Crippen molar-refractivity contribution in [3.8, 4) is 45.8 Å². The number of aromatic nitrogens is 4. The fourth-order valence-corrected chi connectivity index (χ4v) is 7.47. The largest absolute Gasteiger partial charge is 0.481 e. The van der Waals surface area contributed by atoms with Crippen molar-refractivity contribution in [1.82, 2.24) is 31.0 Å². The van der Waals surface area contributed by atoms with Gasteiger partial charge in [-0.05, 0) is 114 Å². The molecule has 2 aromatic heterocycles. The molecular weight excluding hydrogens is 885 g/mol. The fraction of sp³-hybridized carbons (Fsp3) is 0.218. The van der Waals surface area contributed by atoms with Gasteiger partial charge in [-0.15, -0.1) is 20.4 Å². The van der Waals surface area contributed by atoms with Gasteiger partial charge in [0.25, 0.3) is 5.91 Å². The molecule has 1 amide bonds. The van der Waals surface area contributed by atoms with Crippen LogP contribution in [0.15, 0.2) is 167 Å². The van der Waals surface area contributed by atoms with Crippen LogP contribution >= 0.6 is 0 Å². The standard InChI is InChI=1S/C28H28N4O4.C27H28N4O3/c1-2-6-24(30-23-15-13-20(14-16-23)26(35)29-18-17-25(33)34)19-9-11-22(12-10-19)28-32-31-27(36-28)21-7-4-3-5-8-21;1-2-24(29-23-14-8-19(9-15-23)18-28-17-16-25(32)33)20-10-12-22(13-11-20)27-31-30-26(34-27)21-6-4-3-5-7-21/h3-5,7-16,24,30H,2,6,17-18H2,1H3,(H,29,35)(H,33,34);3-15,24,28-29H,2,16-18H2,1H3,(H,32,33). The van der Waals surface area contributed by atoms with Gasteiger partial charge in [-0.2, -0.15) is 0 Å². The lowest BCUT2D eigenvalue weighted by Gasteiger charge is -2.20. The lowest BCUT2D eigenvalue weighted by molar-refractivity contribution is -0.137. The van der Waals surface area contributed by atoms with Crippen molar-refractivity contribution >= 4 is 29.2 Å². The highest BCUT2D eigenvalue weighted by Crippen LogP contribution is 2.30. The number of nitrogens with zero attached hydrogens (tertiary/aromatic N) is 4. The number of benzene rings is 6. The van der Waals surface area contributed by atoms with E-state index in [9.17, 15) is 14.4 Å². The summed E-state index contributed by atoms with van der Waals surface area (Å²) >= 11 is 0. The lowest BCUT2D eigenvalue weighted by atomic mass is 10.00.